The molecule has 3 nitrogen and oxygen atoms in total. The van der Waals surface area contributed by atoms with Crippen molar-refractivity contribution in [1.82, 2.24) is 0 Å². The van der Waals surface area contributed by atoms with E-state index in [0.717, 1.165) is 30.5 Å². The summed E-state index contributed by atoms with van der Waals surface area (Å²) in [6, 6.07) is 14.1. The normalized spacial score (nSPS) is 12.0. The number of rotatable bonds is 14. The molecule has 2 aromatic rings. The van der Waals surface area contributed by atoms with Crippen molar-refractivity contribution in [2.24, 2.45) is 5.92 Å². The molecular weight excluding hydrogens is 346 g/mol. The monoisotopic (exact) mass is 382 g/mol. The molecule has 2 rings (SSSR count). The van der Waals surface area contributed by atoms with E-state index in [1.165, 1.54) is 44.9 Å². The predicted molar refractivity (Wildman–Crippen MR) is 115 cm³/mol. The van der Waals surface area contributed by atoms with Crippen LogP contribution in [-0.4, -0.2) is 11.1 Å². The molecule has 0 radical (unpaired) electrons. The smallest absolute Gasteiger partial charge is 0.306 e. The Morgan fingerprint density at radius 3 is 2.11 bits per heavy atom. The van der Waals surface area contributed by atoms with Gasteiger partial charge in [-0.2, -0.15) is 4.57 Å². The lowest BCUT2D eigenvalue weighted by molar-refractivity contribution is -0.596. The molecule has 1 unspecified atom stereocenters. The zero-order valence-electron chi connectivity index (χ0n) is 17.4. The third-order valence-corrected chi connectivity index (χ3v) is 5.46. The van der Waals surface area contributed by atoms with Crippen LogP contribution in [0.15, 0.2) is 54.9 Å². The minimum atomic E-state index is -0.674. The van der Waals surface area contributed by atoms with Crippen LogP contribution in [0.1, 0.15) is 76.7 Å². The lowest BCUT2D eigenvalue weighted by Gasteiger charge is -2.13. The number of pyridine rings is 1. The van der Waals surface area contributed by atoms with Gasteiger partial charge in [-0.05, 0) is 12.8 Å². The Morgan fingerprint density at radius 2 is 1.46 bits per heavy atom. The van der Waals surface area contributed by atoms with Gasteiger partial charge in [0, 0.05) is 23.8 Å². The molecular formula is C25H36NO2+. The van der Waals surface area contributed by atoms with Gasteiger partial charge in [0.2, 0.25) is 5.69 Å². The van der Waals surface area contributed by atoms with Crippen molar-refractivity contribution >= 4 is 5.97 Å². The highest BCUT2D eigenvalue weighted by atomic mass is 16.4. The Bertz CT molecular complexity index is 684. The second-order valence-electron chi connectivity index (χ2n) is 7.77. The minimum Gasteiger partial charge on any atom is -0.481 e. The lowest BCUT2D eigenvalue weighted by Crippen LogP contribution is -2.31. The van der Waals surface area contributed by atoms with E-state index < -0.39 is 5.97 Å². The number of unbranched alkanes of at least 4 members (excludes halogenated alkanes) is 8. The van der Waals surface area contributed by atoms with Crippen LogP contribution in [0.3, 0.4) is 0 Å². The first-order valence-electron chi connectivity index (χ1n) is 11.0. The SMILES string of the molecule is CCCCCCCCCCCC(Cc1ccccc1-[n+]1ccccc1)C(=O)O. The number of hydrogen-bond acceptors (Lipinski definition) is 1. The Labute approximate surface area is 170 Å². The highest BCUT2D eigenvalue weighted by Gasteiger charge is 2.21. The van der Waals surface area contributed by atoms with Crippen LogP contribution in [0.2, 0.25) is 0 Å². The van der Waals surface area contributed by atoms with E-state index >= 15 is 0 Å². The van der Waals surface area contributed by atoms with Crippen LogP contribution in [-0.2, 0) is 11.2 Å². The van der Waals surface area contributed by atoms with Gasteiger partial charge in [-0.15, -0.1) is 0 Å². The Morgan fingerprint density at radius 1 is 0.857 bits per heavy atom. The standard InChI is InChI=1S/C25H35NO2/c1-2-3-4-5-6-7-8-9-11-17-23(25(27)28)21-22-16-12-13-18-24(22)26-19-14-10-15-20-26/h10,12-16,18-20,23H,2-9,11,17,21H2,1H3/p+1. The van der Waals surface area contributed by atoms with Gasteiger partial charge in [0.15, 0.2) is 12.4 Å². The summed E-state index contributed by atoms with van der Waals surface area (Å²) in [6.45, 7) is 2.25. The molecule has 1 aromatic heterocycles. The molecule has 0 spiro atoms. The number of benzene rings is 1. The molecule has 0 amide bonds. The molecule has 1 aromatic carbocycles. The van der Waals surface area contributed by atoms with Crippen molar-refractivity contribution < 1.29 is 14.5 Å². The molecule has 152 valence electrons. The van der Waals surface area contributed by atoms with E-state index in [0.29, 0.717) is 6.42 Å². The van der Waals surface area contributed by atoms with E-state index in [4.69, 9.17) is 0 Å². The van der Waals surface area contributed by atoms with Crippen molar-refractivity contribution in [1.29, 1.82) is 0 Å². The number of aromatic nitrogens is 1. The Kier molecular flexibility index (Phi) is 10.3. The second kappa shape index (κ2) is 13.1. The van der Waals surface area contributed by atoms with Crippen molar-refractivity contribution in [2.45, 2.75) is 77.6 Å². The third-order valence-electron chi connectivity index (χ3n) is 5.46. The molecule has 28 heavy (non-hydrogen) atoms. The van der Waals surface area contributed by atoms with Crippen molar-refractivity contribution in [3.05, 3.63) is 60.4 Å². The summed E-state index contributed by atoms with van der Waals surface area (Å²) < 4.78 is 2.06. The number of aliphatic carboxylic acids is 1. The quantitative estimate of drug-likeness (QED) is 0.315. The molecule has 1 atom stereocenters. The number of para-hydroxylation sites is 1. The first-order chi connectivity index (χ1) is 13.7. The Hall–Kier alpha value is -2.16. The molecule has 0 saturated heterocycles. The van der Waals surface area contributed by atoms with Gasteiger partial charge in [0.1, 0.15) is 0 Å². The van der Waals surface area contributed by atoms with Crippen LogP contribution in [0, 0.1) is 5.92 Å². The van der Waals surface area contributed by atoms with E-state index in [1.807, 2.05) is 42.7 Å². The van der Waals surface area contributed by atoms with Crippen LogP contribution < -0.4 is 4.57 Å². The average molecular weight is 383 g/mol. The maximum Gasteiger partial charge on any atom is 0.306 e. The van der Waals surface area contributed by atoms with E-state index in [-0.39, 0.29) is 5.92 Å². The highest BCUT2D eigenvalue weighted by molar-refractivity contribution is 5.70. The summed E-state index contributed by atoms with van der Waals surface area (Å²) >= 11 is 0. The first-order valence-corrected chi connectivity index (χ1v) is 11.0. The van der Waals surface area contributed by atoms with E-state index in [1.54, 1.807) is 0 Å². The van der Waals surface area contributed by atoms with Crippen LogP contribution >= 0.6 is 0 Å². The molecule has 0 bridgehead atoms. The van der Waals surface area contributed by atoms with Gasteiger partial charge < -0.3 is 5.11 Å². The molecule has 1 heterocycles. The number of carboxylic acids is 1. The molecule has 0 aliphatic carbocycles. The molecule has 3 heteroatoms. The molecule has 0 saturated carbocycles. The second-order valence-corrected chi connectivity index (χ2v) is 7.77. The maximum atomic E-state index is 11.8. The lowest BCUT2D eigenvalue weighted by atomic mass is 9.92. The maximum absolute atomic E-state index is 11.8. The number of carbonyl (C=O) groups is 1. The van der Waals surface area contributed by atoms with Crippen LogP contribution in [0.25, 0.3) is 5.69 Å². The van der Waals surface area contributed by atoms with E-state index in [9.17, 15) is 9.90 Å². The Balaban J connectivity index is 1.81. The number of hydrogen-bond donors (Lipinski definition) is 1. The fourth-order valence-corrected chi connectivity index (χ4v) is 3.77. The zero-order valence-corrected chi connectivity index (χ0v) is 17.4. The fourth-order valence-electron chi connectivity index (χ4n) is 3.77. The number of carboxylic acid groups (broad SMARTS) is 1. The van der Waals surface area contributed by atoms with Gasteiger partial charge >= 0.3 is 5.97 Å². The molecule has 1 N–H and O–H groups in total. The van der Waals surface area contributed by atoms with Crippen molar-refractivity contribution in [2.75, 3.05) is 0 Å². The van der Waals surface area contributed by atoms with Crippen LogP contribution in [0.4, 0.5) is 0 Å². The largest absolute Gasteiger partial charge is 0.481 e. The fraction of sp³-hybridized carbons (Fsp3) is 0.520. The average Bonchev–Trinajstić information content (AvgIpc) is 2.72. The van der Waals surface area contributed by atoms with Gasteiger partial charge in [0.05, 0.1) is 5.92 Å². The third kappa shape index (κ3) is 7.84. The molecule has 0 aliphatic rings. The molecule has 0 aliphatic heterocycles. The number of nitrogens with zero attached hydrogens (tertiary/aromatic N) is 1. The van der Waals surface area contributed by atoms with Gasteiger partial charge in [-0.3, -0.25) is 4.79 Å². The summed E-state index contributed by atoms with van der Waals surface area (Å²) in [5.74, 6) is -0.984. The topological polar surface area (TPSA) is 41.2 Å². The summed E-state index contributed by atoms with van der Waals surface area (Å²) in [7, 11) is 0. The minimum absolute atomic E-state index is 0.310. The summed E-state index contributed by atoms with van der Waals surface area (Å²) in [4.78, 5) is 11.8. The van der Waals surface area contributed by atoms with Crippen molar-refractivity contribution in [3.63, 3.8) is 0 Å². The van der Waals surface area contributed by atoms with Crippen molar-refractivity contribution in [3.8, 4) is 5.69 Å². The zero-order chi connectivity index (χ0) is 20.0. The van der Waals surface area contributed by atoms with Gasteiger partial charge in [0.25, 0.3) is 0 Å². The summed E-state index contributed by atoms with van der Waals surface area (Å²) in [5, 5.41) is 9.71. The van der Waals surface area contributed by atoms with Gasteiger partial charge in [-0.1, -0.05) is 89.0 Å². The highest BCUT2D eigenvalue weighted by Crippen LogP contribution is 2.20. The first kappa shape index (κ1) is 22.1. The predicted octanol–water partition coefficient (Wildman–Crippen LogP) is 6.13. The summed E-state index contributed by atoms with van der Waals surface area (Å²) in [5.41, 5.74) is 2.17. The van der Waals surface area contributed by atoms with E-state index in [2.05, 4.69) is 23.6 Å². The van der Waals surface area contributed by atoms with Crippen LogP contribution in [0.5, 0.6) is 0 Å². The summed E-state index contributed by atoms with van der Waals surface area (Å²) in [6.07, 6.45) is 16.7. The van der Waals surface area contributed by atoms with Gasteiger partial charge in [-0.25, -0.2) is 0 Å². The molecule has 0 fully saturated rings.